The van der Waals surface area contributed by atoms with Crippen LogP contribution in [0.15, 0.2) is 0 Å². The zero-order chi connectivity index (χ0) is 9.73. The lowest BCUT2D eigenvalue weighted by atomic mass is 9.97. The standard InChI is InChI=1S/C9H18N2.C2H6/c1-2-11-7-5-9(8-11)4-3-6-10-9;1-2/h10H,2-8H2,1H3;1-2H3. The SMILES string of the molecule is CC.CCN1CCC2(CCCN2)C1. The number of hydrogen-bond donors (Lipinski definition) is 1. The smallest absolute Gasteiger partial charge is 0.0321 e. The molecule has 2 heterocycles. The predicted molar refractivity (Wildman–Crippen MR) is 58.0 cm³/mol. The van der Waals surface area contributed by atoms with Crippen LogP contribution < -0.4 is 5.32 Å². The second kappa shape index (κ2) is 4.97. The maximum absolute atomic E-state index is 3.65. The Morgan fingerprint density at radius 3 is 2.54 bits per heavy atom. The fraction of sp³-hybridized carbons (Fsp3) is 1.00. The lowest BCUT2D eigenvalue weighted by Gasteiger charge is -2.23. The van der Waals surface area contributed by atoms with Gasteiger partial charge in [-0.05, 0) is 38.9 Å². The summed E-state index contributed by atoms with van der Waals surface area (Å²) >= 11 is 0. The monoisotopic (exact) mass is 184 g/mol. The van der Waals surface area contributed by atoms with Gasteiger partial charge in [0.15, 0.2) is 0 Å². The molecule has 2 heteroatoms. The average molecular weight is 184 g/mol. The van der Waals surface area contributed by atoms with E-state index in [0.717, 1.165) is 0 Å². The Balaban J connectivity index is 0.000000396. The number of rotatable bonds is 1. The van der Waals surface area contributed by atoms with Gasteiger partial charge in [0.25, 0.3) is 0 Å². The molecule has 0 aromatic heterocycles. The molecule has 2 saturated heterocycles. The highest BCUT2D eigenvalue weighted by molar-refractivity contribution is 5.00. The fourth-order valence-corrected chi connectivity index (χ4v) is 2.45. The second-order valence-corrected chi connectivity index (χ2v) is 3.93. The molecule has 2 rings (SSSR count). The third kappa shape index (κ3) is 2.44. The number of likely N-dealkylation sites (tertiary alicyclic amines) is 1. The van der Waals surface area contributed by atoms with Crippen molar-refractivity contribution in [1.29, 1.82) is 0 Å². The van der Waals surface area contributed by atoms with Crippen LogP contribution in [0, 0.1) is 0 Å². The molecule has 0 radical (unpaired) electrons. The van der Waals surface area contributed by atoms with E-state index >= 15 is 0 Å². The van der Waals surface area contributed by atoms with Crippen LogP contribution in [0.2, 0.25) is 0 Å². The van der Waals surface area contributed by atoms with Gasteiger partial charge < -0.3 is 10.2 Å². The molecule has 0 aromatic carbocycles. The zero-order valence-corrected chi connectivity index (χ0v) is 9.40. The van der Waals surface area contributed by atoms with E-state index in [-0.39, 0.29) is 0 Å². The van der Waals surface area contributed by atoms with Crippen molar-refractivity contribution in [2.75, 3.05) is 26.2 Å². The molecule has 78 valence electrons. The molecule has 2 aliphatic heterocycles. The van der Waals surface area contributed by atoms with E-state index in [1.807, 2.05) is 13.8 Å². The second-order valence-electron chi connectivity index (χ2n) is 3.93. The Kier molecular flexibility index (Phi) is 4.20. The highest BCUT2D eigenvalue weighted by Crippen LogP contribution is 2.29. The van der Waals surface area contributed by atoms with Crippen molar-refractivity contribution in [2.24, 2.45) is 0 Å². The van der Waals surface area contributed by atoms with Crippen molar-refractivity contribution >= 4 is 0 Å². The van der Waals surface area contributed by atoms with Gasteiger partial charge >= 0.3 is 0 Å². The van der Waals surface area contributed by atoms with Crippen molar-refractivity contribution in [3.05, 3.63) is 0 Å². The molecule has 2 aliphatic rings. The summed E-state index contributed by atoms with van der Waals surface area (Å²) in [6, 6.07) is 0. The van der Waals surface area contributed by atoms with Crippen LogP contribution in [0.3, 0.4) is 0 Å². The van der Waals surface area contributed by atoms with Gasteiger partial charge in [-0.15, -0.1) is 0 Å². The third-order valence-corrected chi connectivity index (χ3v) is 3.21. The molecule has 1 spiro atoms. The summed E-state index contributed by atoms with van der Waals surface area (Å²) in [5, 5.41) is 3.65. The van der Waals surface area contributed by atoms with E-state index in [2.05, 4.69) is 17.1 Å². The molecule has 1 N–H and O–H groups in total. The van der Waals surface area contributed by atoms with E-state index in [4.69, 9.17) is 0 Å². The van der Waals surface area contributed by atoms with E-state index < -0.39 is 0 Å². The Hall–Kier alpha value is -0.0800. The Labute approximate surface area is 82.7 Å². The van der Waals surface area contributed by atoms with Crippen molar-refractivity contribution < 1.29 is 0 Å². The summed E-state index contributed by atoms with van der Waals surface area (Å²) in [5.41, 5.74) is 0.538. The largest absolute Gasteiger partial charge is 0.310 e. The van der Waals surface area contributed by atoms with Crippen LogP contribution in [0.25, 0.3) is 0 Å². The maximum atomic E-state index is 3.65. The molecular weight excluding hydrogens is 160 g/mol. The van der Waals surface area contributed by atoms with Gasteiger partial charge in [0.2, 0.25) is 0 Å². The molecule has 0 amide bonds. The number of likely N-dealkylation sites (N-methyl/N-ethyl adjacent to an activating group) is 1. The third-order valence-electron chi connectivity index (χ3n) is 3.21. The van der Waals surface area contributed by atoms with Gasteiger partial charge in [0, 0.05) is 12.1 Å². The number of hydrogen-bond acceptors (Lipinski definition) is 2. The Morgan fingerprint density at radius 1 is 1.31 bits per heavy atom. The van der Waals surface area contributed by atoms with Gasteiger partial charge in [-0.3, -0.25) is 0 Å². The van der Waals surface area contributed by atoms with Crippen LogP contribution in [0.4, 0.5) is 0 Å². The summed E-state index contributed by atoms with van der Waals surface area (Å²) < 4.78 is 0. The van der Waals surface area contributed by atoms with Gasteiger partial charge in [-0.2, -0.15) is 0 Å². The lowest BCUT2D eigenvalue weighted by Crippen LogP contribution is -2.42. The molecule has 1 unspecified atom stereocenters. The molecule has 13 heavy (non-hydrogen) atoms. The van der Waals surface area contributed by atoms with Crippen molar-refractivity contribution in [2.45, 2.75) is 45.6 Å². The minimum absolute atomic E-state index is 0.538. The van der Waals surface area contributed by atoms with E-state index in [0.29, 0.717) is 5.54 Å². The molecule has 1 atom stereocenters. The van der Waals surface area contributed by atoms with Crippen molar-refractivity contribution in [1.82, 2.24) is 10.2 Å². The van der Waals surface area contributed by atoms with Crippen molar-refractivity contribution in [3.63, 3.8) is 0 Å². The minimum atomic E-state index is 0.538. The molecule has 0 bridgehead atoms. The van der Waals surface area contributed by atoms with Crippen LogP contribution >= 0.6 is 0 Å². The van der Waals surface area contributed by atoms with Gasteiger partial charge in [-0.25, -0.2) is 0 Å². The summed E-state index contributed by atoms with van der Waals surface area (Å²) in [6.07, 6.45) is 4.17. The first kappa shape index (κ1) is 11.0. The lowest BCUT2D eigenvalue weighted by molar-refractivity contribution is 0.310. The average Bonchev–Trinajstić information content (AvgIpc) is 2.81. The van der Waals surface area contributed by atoms with Crippen molar-refractivity contribution in [3.8, 4) is 0 Å². The van der Waals surface area contributed by atoms with Crippen LogP contribution in [-0.2, 0) is 0 Å². The molecule has 0 aromatic rings. The predicted octanol–water partition coefficient (Wildman–Crippen LogP) is 1.86. The highest BCUT2D eigenvalue weighted by atomic mass is 15.2. The van der Waals surface area contributed by atoms with E-state index in [1.165, 1.54) is 45.4 Å². The number of nitrogens with zero attached hydrogens (tertiary/aromatic N) is 1. The van der Waals surface area contributed by atoms with Gasteiger partial charge in [0.1, 0.15) is 0 Å². The first-order valence-corrected chi connectivity index (χ1v) is 5.82. The zero-order valence-electron chi connectivity index (χ0n) is 9.40. The summed E-state index contributed by atoms with van der Waals surface area (Å²) in [6.45, 7) is 11.3. The summed E-state index contributed by atoms with van der Waals surface area (Å²) in [7, 11) is 0. The Bertz CT molecular complexity index is 139. The van der Waals surface area contributed by atoms with E-state index in [1.54, 1.807) is 0 Å². The van der Waals surface area contributed by atoms with Crippen LogP contribution in [0.5, 0.6) is 0 Å². The van der Waals surface area contributed by atoms with Crippen LogP contribution in [0.1, 0.15) is 40.0 Å². The quantitative estimate of drug-likeness (QED) is 0.669. The number of nitrogens with one attached hydrogen (secondary N) is 1. The van der Waals surface area contributed by atoms with Crippen LogP contribution in [-0.4, -0.2) is 36.6 Å². The molecular formula is C11H24N2. The van der Waals surface area contributed by atoms with Gasteiger partial charge in [-0.1, -0.05) is 20.8 Å². The fourth-order valence-electron chi connectivity index (χ4n) is 2.45. The molecule has 2 fully saturated rings. The van der Waals surface area contributed by atoms with Gasteiger partial charge in [0.05, 0.1) is 0 Å². The normalized spacial score (nSPS) is 33.5. The summed E-state index contributed by atoms with van der Waals surface area (Å²) in [5.74, 6) is 0. The Morgan fingerprint density at radius 2 is 2.08 bits per heavy atom. The van der Waals surface area contributed by atoms with E-state index in [9.17, 15) is 0 Å². The first-order valence-electron chi connectivity index (χ1n) is 5.82. The summed E-state index contributed by atoms with van der Waals surface area (Å²) in [4.78, 5) is 2.55. The minimum Gasteiger partial charge on any atom is -0.310 e. The molecule has 0 aliphatic carbocycles. The molecule has 0 saturated carbocycles. The highest BCUT2D eigenvalue weighted by Gasteiger charge is 2.39. The molecule has 2 nitrogen and oxygen atoms in total. The first-order chi connectivity index (χ1) is 6.35. The topological polar surface area (TPSA) is 15.3 Å². The maximum Gasteiger partial charge on any atom is 0.0321 e.